The fraction of sp³-hybridized carbons (Fsp3) is 0.200. The van der Waals surface area contributed by atoms with Gasteiger partial charge in [-0.25, -0.2) is 9.59 Å². The van der Waals surface area contributed by atoms with Crippen molar-refractivity contribution in [2.45, 2.75) is 37.8 Å². The maximum absolute atomic E-state index is 13.1. The smallest absolute Gasteiger partial charge is 0.418 e. The van der Waals surface area contributed by atoms with Crippen LogP contribution in [0.1, 0.15) is 39.3 Å². The largest absolute Gasteiger partial charge is 0.489 e. The van der Waals surface area contributed by atoms with Crippen molar-refractivity contribution in [1.29, 1.82) is 0 Å². The van der Waals surface area contributed by atoms with Crippen LogP contribution in [0, 0.1) is 0 Å². The monoisotopic (exact) mass is 642 g/mol. The minimum absolute atomic E-state index is 0.0229. The normalized spacial score (nSPS) is 17.1. The molecule has 1 aliphatic heterocycles. The van der Waals surface area contributed by atoms with Crippen molar-refractivity contribution < 1.29 is 38.0 Å². The molecule has 0 N–H and O–H groups in total. The average molecular weight is 643 g/mol. The van der Waals surface area contributed by atoms with Gasteiger partial charge in [-0.15, -0.1) is 0 Å². The number of carbonyl (C=O) groups excluding carboxylic acids is 2. The first kappa shape index (κ1) is 30.9. The zero-order valence-corrected chi connectivity index (χ0v) is 26.4. The molecule has 5 aromatic rings. The Labute approximate surface area is 278 Å². The lowest BCUT2D eigenvalue weighted by Gasteiger charge is -2.40. The first-order valence-electron chi connectivity index (χ1n) is 15.8. The fourth-order valence-corrected chi connectivity index (χ4v) is 6.36. The molecule has 1 aliphatic carbocycles. The second-order valence-corrected chi connectivity index (χ2v) is 11.8. The summed E-state index contributed by atoms with van der Waals surface area (Å²) in [5, 5.41) is 0. The van der Waals surface area contributed by atoms with Crippen molar-refractivity contribution in [3.8, 4) is 23.0 Å². The van der Waals surface area contributed by atoms with E-state index in [0.717, 1.165) is 34.9 Å². The lowest BCUT2D eigenvalue weighted by atomic mass is 9.80. The topological polar surface area (TPSA) is 89.5 Å². The van der Waals surface area contributed by atoms with Gasteiger partial charge in [0.1, 0.15) is 37.9 Å². The lowest BCUT2D eigenvalue weighted by Crippen LogP contribution is -2.45. The third-order valence-corrected chi connectivity index (χ3v) is 8.76. The van der Waals surface area contributed by atoms with Gasteiger partial charge in [0.05, 0.1) is 7.11 Å². The van der Waals surface area contributed by atoms with Crippen LogP contribution in [0.4, 0.5) is 0 Å². The summed E-state index contributed by atoms with van der Waals surface area (Å²) in [6.07, 6.45) is 0.505. The highest BCUT2D eigenvalue weighted by Crippen LogP contribution is 2.57. The van der Waals surface area contributed by atoms with E-state index in [1.807, 2.05) is 121 Å². The van der Waals surface area contributed by atoms with Crippen molar-refractivity contribution >= 4 is 11.9 Å². The van der Waals surface area contributed by atoms with Crippen LogP contribution < -0.4 is 18.9 Å². The van der Waals surface area contributed by atoms with Crippen LogP contribution in [0.3, 0.4) is 0 Å². The van der Waals surface area contributed by atoms with E-state index in [1.165, 1.54) is 0 Å². The molecule has 0 radical (unpaired) electrons. The van der Waals surface area contributed by atoms with Crippen molar-refractivity contribution in [1.82, 2.24) is 0 Å². The third-order valence-electron chi connectivity index (χ3n) is 8.76. The summed E-state index contributed by atoms with van der Waals surface area (Å²) in [5.74, 6) is -0.216. The van der Waals surface area contributed by atoms with Crippen LogP contribution in [0.15, 0.2) is 121 Å². The molecule has 0 bridgehead atoms. The third kappa shape index (κ3) is 6.29. The van der Waals surface area contributed by atoms with Gasteiger partial charge in [-0.3, -0.25) is 0 Å². The summed E-state index contributed by atoms with van der Waals surface area (Å²) in [5.41, 5.74) is 4.15. The van der Waals surface area contributed by atoms with Gasteiger partial charge in [-0.2, -0.15) is 0 Å². The summed E-state index contributed by atoms with van der Waals surface area (Å²) in [6, 6.07) is 39.1. The molecule has 0 saturated carbocycles. The van der Waals surface area contributed by atoms with Gasteiger partial charge in [0.2, 0.25) is 0 Å². The van der Waals surface area contributed by atoms with Crippen molar-refractivity contribution in [3.63, 3.8) is 0 Å². The molecule has 2 aliphatic rings. The molecule has 0 unspecified atom stereocenters. The zero-order valence-electron chi connectivity index (χ0n) is 26.4. The Kier molecular flexibility index (Phi) is 8.71. The Morgan fingerprint density at radius 3 is 1.83 bits per heavy atom. The second kappa shape index (κ2) is 13.5. The van der Waals surface area contributed by atoms with Crippen molar-refractivity contribution in [2.24, 2.45) is 0 Å². The van der Waals surface area contributed by atoms with E-state index in [1.54, 1.807) is 0 Å². The Hall–Kier alpha value is -5.76. The fourth-order valence-electron chi connectivity index (χ4n) is 6.36. The van der Waals surface area contributed by atoms with E-state index in [-0.39, 0.29) is 12.5 Å². The first-order chi connectivity index (χ1) is 23.5. The zero-order chi connectivity index (χ0) is 32.9. The summed E-state index contributed by atoms with van der Waals surface area (Å²) >= 11 is 0. The molecule has 0 amide bonds. The maximum Gasteiger partial charge on any atom is 0.418 e. The number of ether oxygens (including phenoxy) is 6. The van der Waals surface area contributed by atoms with Crippen molar-refractivity contribution in [2.75, 3.05) is 13.7 Å². The molecule has 7 rings (SSSR count). The molecule has 242 valence electrons. The number of fused-ring (bicyclic) bond motifs is 5. The van der Waals surface area contributed by atoms with Gasteiger partial charge in [-0.05, 0) is 46.9 Å². The number of hydrogen-bond donors (Lipinski definition) is 0. The lowest BCUT2D eigenvalue weighted by molar-refractivity contribution is -0.182. The first-order valence-corrected chi connectivity index (χ1v) is 15.8. The number of benzene rings is 5. The van der Waals surface area contributed by atoms with E-state index in [4.69, 9.17) is 28.4 Å². The summed E-state index contributed by atoms with van der Waals surface area (Å²) in [4.78, 5) is 25.4. The SMILES string of the molecule is COC(=O)C(=O)O[C@]12COc3cc(OCc4ccccc4)ccc3[C@H]1Cc1cc(OCc3ccccc3)c(OCc3ccccc3)cc12. The highest BCUT2D eigenvalue weighted by atomic mass is 16.6. The molecular weight excluding hydrogens is 608 g/mol. The number of hydrogen-bond acceptors (Lipinski definition) is 8. The Balaban J connectivity index is 1.24. The summed E-state index contributed by atoms with van der Waals surface area (Å²) in [6.45, 7) is 1.02. The standard InChI is InChI=1S/C40H34O8/c1-43-38(41)39(42)48-40-26-47-35-21-31(44-23-27-11-5-2-6-12-27)17-18-32(35)34(40)19-30-20-36(45-24-28-13-7-3-8-14-28)37(22-33(30)40)46-25-29-15-9-4-10-16-29/h2-18,20-22,34H,19,23-26H2,1H3/t34-,40+/m1/s1. The molecule has 0 spiro atoms. The highest BCUT2D eigenvalue weighted by Gasteiger charge is 2.56. The second-order valence-electron chi connectivity index (χ2n) is 11.8. The molecule has 5 aromatic carbocycles. The number of esters is 2. The molecule has 0 aromatic heterocycles. The van der Waals surface area contributed by atoms with Crippen LogP contribution in [-0.2, 0) is 50.9 Å². The molecule has 0 fully saturated rings. The van der Waals surface area contributed by atoms with Crippen LogP contribution in [0.25, 0.3) is 0 Å². The molecule has 1 heterocycles. The number of rotatable bonds is 10. The highest BCUT2D eigenvalue weighted by molar-refractivity contribution is 6.29. The Bertz CT molecular complexity index is 1910. The van der Waals surface area contributed by atoms with E-state index in [2.05, 4.69) is 0 Å². The minimum atomic E-state index is -1.32. The minimum Gasteiger partial charge on any atom is -0.489 e. The van der Waals surface area contributed by atoms with E-state index in [0.29, 0.717) is 54.8 Å². The van der Waals surface area contributed by atoms with Gasteiger partial charge in [-0.1, -0.05) is 97.1 Å². The predicted octanol–water partition coefficient (Wildman–Crippen LogP) is 7.07. The van der Waals surface area contributed by atoms with E-state index in [9.17, 15) is 9.59 Å². The molecule has 0 saturated heterocycles. The molecular formula is C40H34O8. The van der Waals surface area contributed by atoms with Crippen LogP contribution in [0.5, 0.6) is 23.0 Å². The number of carbonyl (C=O) groups is 2. The Morgan fingerprint density at radius 1 is 0.688 bits per heavy atom. The van der Waals surface area contributed by atoms with Gasteiger partial charge in [0.15, 0.2) is 17.1 Å². The van der Waals surface area contributed by atoms with Gasteiger partial charge in [0, 0.05) is 23.1 Å². The van der Waals surface area contributed by atoms with E-state index < -0.39 is 17.5 Å². The molecule has 8 nitrogen and oxygen atoms in total. The van der Waals surface area contributed by atoms with Crippen LogP contribution in [0.2, 0.25) is 0 Å². The van der Waals surface area contributed by atoms with Crippen LogP contribution in [-0.4, -0.2) is 25.7 Å². The maximum atomic E-state index is 13.1. The molecule has 2 atom stereocenters. The average Bonchev–Trinajstić information content (AvgIpc) is 3.45. The van der Waals surface area contributed by atoms with Gasteiger partial charge in [0.25, 0.3) is 0 Å². The van der Waals surface area contributed by atoms with Crippen LogP contribution >= 0.6 is 0 Å². The van der Waals surface area contributed by atoms with Gasteiger partial charge < -0.3 is 28.4 Å². The molecule has 8 heteroatoms. The molecule has 48 heavy (non-hydrogen) atoms. The number of methoxy groups -OCH3 is 1. The quantitative estimate of drug-likeness (QED) is 0.118. The van der Waals surface area contributed by atoms with Gasteiger partial charge >= 0.3 is 11.9 Å². The predicted molar refractivity (Wildman–Crippen MR) is 177 cm³/mol. The summed E-state index contributed by atoms with van der Waals surface area (Å²) < 4.78 is 35.9. The summed E-state index contributed by atoms with van der Waals surface area (Å²) in [7, 11) is 1.15. The van der Waals surface area contributed by atoms with E-state index >= 15 is 0 Å². The van der Waals surface area contributed by atoms with Crippen molar-refractivity contribution in [3.05, 3.63) is 155 Å². The Morgan fingerprint density at radius 2 is 1.25 bits per heavy atom.